The predicted molar refractivity (Wildman–Crippen MR) is 198 cm³/mol. The third-order valence-corrected chi connectivity index (χ3v) is 8.73. The maximum Gasteiger partial charge on any atom is 0.267 e. The van der Waals surface area contributed by atoms with E-state index in [0.29, 0.717) is 6.42 Å². The van der Waals surface area contributed by atoms with Gasteiger partial charge in [-0.05, 0) is 57.8 Å². The SMILES string of the molecule is CC/C=C\C/C=C\C/C=C\C/C=C\CCCCCCC(=O)NC(CS(=O)(=O)O)C(O)/C=C/CCCCCCCCCCCCCC. The highest BCUT2D eigenvalue weighted by molar-refractivity contribution is 7.85. The van der Waals surface area contributed by atoms with Crippen molar-refractivity contribution in [3.63, 3.8) is 0 Å². The Balaban J connectivity index is 4.06. The van der Waals surface area contributed by atoms with Crippen LogP contribution in [0.15, 0.2) is 60.8 Å². The fourth-order valence-corrected chi connectivity index (χ4v) is 5.94. The van der Waals surface area contributed by atoms with E-state index in [1.165, 1.54) is 64.2 Å². The molecule has 0 rings (SSSR count). The zero-order valence-corrected chi connectivity index (χ0v) is 30.2. The zero-order chi connectivity index (χ0) is 34.0. The molecule has 0 radical (unpaired) electrons. The Morgan fingerprint density at radius 3 is 1.54 bits per heavy atom. The molecule has 0 aromatic rings. The number of aliphatic hydroxyl groups is 1. The van der Waals surface area contributed by atoms with Crippen molar-refractivity contribution in [2.24, 2.45) is 0 Å². The summed E-state index contributed by atoms with van der Waals surface area (Å²) in [4.78, 5) is 12.5. The van der Waals surface area contributed by atoms with Gasteiger partial charge < -0.3 is 10.4 Å². The highest BCUT2D eigenvalue weighted by Crippen LogP contribution is 2.13. The zero-order valence-electron chi connectivity index (χ0n) is 29.4. The molecule has 0 saturated carbocycles. The van der Waals surface area contributed by atoms with E-state index < -0.39 is 28.0 Å². The highest BCUT2D eigenvalue weighted by atomic mass is 32.2. The quantitative estimate of drug-likeness (QED) is 0.0377. The van der Waals surface area contributed by atoms with E-state index in [9.17, 15) is 22.9 Å². The van der Waals surface area contributed by atoms with Crippen molar-refractivity contribution in [2.45, 2.75) is 174 Å². The standard InChI is InChI=1S/C39H69NO5S/c1-3-5-7-9-11-13-15-17-19-20-21-23-25-27-29-31-33-35-39(42)40-37(36-46(43,44)45)38(41)34-32-30-28-26-24-22-18-16-14-12-10-8-6-4-2/h5,7,11,13,17,19,21,23,32,34,37-38,41H,3-4,6,8-10,12,14-16,18,20,22,24-31,33,35-36H2,1-2H3,(H,40,42)(H,43,44,45)/b7-5-,13-11-,19-17-,23-21-,34-32+. The van der Waals surface area contributed by atoms with Crippen LogP contribution in [0.1, 0.15) is 162 Å². The summed E-state index contributed by atoms with van der Waals surface area (Å²) in [6.45, 7) is 4.39. The van der Waals surface area contributed by atoms with Crippen LogP contribution >= 0.6 is 0 Å². The number of unbranched alkanes of at least 4 members (excludes halogenated alkanes) is 16. The first-order chi connectivity index (χ1) is 22.3. The van der Waals surface area contributed by atoms with E-state index in [1.807, 2.05) is 6.08 Å². The molecule has 6 nitrogen and oxygen atoms in total. The van der Waals surface area contributed by atoms with Crippen LogP contribution in [0.4, 0.5) is 0 Å². The van der Waals surface area contributed by atoms with Gasteiger partial charge in [-0.25, -0.2) is 0 Å². The molecule has 2 atom stereocenters. The van der Waals surface area contributed by atoms with Gasteiger partial charge in [-0.1, -0.05) is 158 Å². The Labute approximate surface area is 283 Å². The van der Waals surface area contributed by atoms with Gasteiger partial charge in [-0.3, -0.25) is 9.35 Å². The molecule has 0 aliphatic heterocycles. The van der Waals surface area contributed by atoms with Gasteiger partial charge in [-0.15, -0.1) is 0 Å². The van der Waals surface area contributed by atoms with E-state index in [2.05, 4.69) is 67.8 Å². The van der Waals surface area contributed by atoms with Crippen LogP contribution in [-0.4, -0.2) is 41.9 Å². The summed E-state index contributed by atoms with van der Waals surface area (Å²) in [6.07, 6.45) is 44.8. The van der Waals surface area contributed by atoms with Crippen molar-refractivity contribution in [3.8, 4) is 0 Å². The topological polar surface area (TPSA) is 104 Å². The lowest BCUT2D eigenvalue weighted by Gasteiger charge is -2.21. The molecule has 7 heteroatoms. The van der Waals surface area contributed by atoms with Crippen LogP contribution in [0.25, 0.3) is 0 Å². The molecular formula is C39H69NO5S. The van der Waals surface area contributed by atoms with E-state index in [-0.39, 0.29) is 12.3 Å². The molecule has 0 aliphatic rings. The minimum absolute atomic E-state index is 0.265. The molecule has 0 aromatic carbocycles. The number of hydrogen-bond acceptors (Lipinski definition) is 4. The Bertz CT molecular complexity index is 951. The number of nitrogens with one attached hydrogen (secondary N) is 1. The second-order valence-corrected chi connectivity index (χ2v) is 14.0. The third kappa shape index (κ3) is 33.4. The van der Waals surface area contributed by atoms with Crippen molar-refractivity contribution >= 4 is 16.0 Å². The van der Waals surface area contributed by atoms with Crippen LogP contribution in [-0.2, 0) is 14.9 Å². The Hall–Kier alpha value is -1.96. The van der Waals surface area contributed by atoms with Gasteiger partial charge >= 0.3 is 0 Å². The van der Waals surface area contributed by atoms with Gasteiger partial charge in [0.2, 0.25) is 5.91 Å². The summed E-state index contributed by atoms with van der Waals surface area (Å²) < 4.78 is 32.4. The van der Waals surface area contributed by atoms with Crippen molar-refractivity contribution in [1.29, 1.82) is 0 Å². The molecule has 0 fully saturated rings. The fraction of sp³-hybridized carbons (Fsp3) is 0.718. The summed E-state index contributed by atoms with van der Waals surface area (Å²) in [5.41, 5.74) is 0. The van der Waals surface area contributed by atoms with Crippen molar-refractivity contribution in [2.75, 3.05) is 5.75 Å². The molecule has 0 aliphatic carbocycles. The molecule has 0 heterocycles. The first-order valence-corrected chi connectivity index (χ1v) is 20.1. The number of allylic oxidation sites excluding steroid dienone is 9. The number of rotatable bonds is 32. The van der Waals surface area contributed by atoms with Crippen LogP contribution in [0.2, 0.25) is 0 Å². The molecule has 3 N–H and O–H groups in total. The van der Waals surface area contributed by atoms with E-state index in [4.69, 9.17) is 0 Å². The molecule has 1 amide bonds. The average Bonchev–Trinajstić information content (AvgIpc) is 3.01. The number of carbonyl (C=O) groups excluding carboxylic acids is 1. The Morgan fingerprint density at radius 1 is 0.609 bits per heavy atom. The van der Waals surface area contributed by atoms with Crippen molar-refractivity contribution < 1.29 is 22.9 Å². The summed E-state index contributed by atoms with van der Waals surface area (Å²) in [5.74, 6) is -1.02. The third-order valence-electron chi connectivity index (χ3n) is 7.95. The summed E-state index contributed by atoms with van der Waals surface area (Å²) in [6, 6.07) is -1.07. The van der Waals surface area contributed by atoms with E-state index in [0.717, 1.165) is 70.6 Å². The lowest BCUT2D eigenvalue weighted by atomic mass is 10.0. The predicted octanol–water partition coefficient (Wildman–Crippen LogP) is 10.5. The van der Waals surface area contributed by atoms with Crippen LogP contribution in [0.5, 0.6) is 0 Å². The van der Waals surface area contributed by atoms with Gasteiger partial charge in [0.25, 0.3) is 10.1 Å². The second kappa shape index (κ2) is 33.0. The van der Waals surface area contributed by atoms with Crippen LogP contribution < -0.4 is 5.32 Å². The highest BCUT2D eigenvalue weighted by Gasteiger charge is 2.24. The number of hydrogen-bond donors (Lipinski definition) is 3. The van der Waals surface area contributed by atoms with Gasteiger partial charge in [0.15, 0.2) is 0 Å². The minimum Gasteiger partial charge on any atom is -0.387 e. The van der Waals surface area contributed by atoms with Crippen LogP contribution in [0, 0.1) is 0 Å². The maximum atomic E-state index is 12.5. The number of carbonyl (C=O) groups is 1. The van der Waals surface area contributed by atoms with Gasteiger partial charge in [0.1, 0.15) is 0 Å². The Morgan fingerprint density at radius 2 is 1.04 bits per heavy atom. The summed E-state index contributed by atoms with van der Waals surface area (Å²) in [5, 5.41) is 13.2. The molecule has 46 heavy (non-hydrogen) atoms. The molecule has 266 valence electrons. The lowest BCUT2D eigenvalue weighted by molar-refractivity contribution is -0.122. The largest absolute Gasteiger partial charge is 0.387 e. The first-order valence-electron chi connectivity index (χ1n) is 18.5. The average molecular weight is 664 g/mol. The normalized spacial score (nSPS) is 14.1. The Kier molecular flexibility index (Phi) is 31.6. The fourth-order valence-electron chi connectivity index (χ4n) is 5.20. The first kappa shape index (κ1) is 44.0. The molecule has 0 saturated heterocycles. The van der Waals surface area contributed by atoms with Gasteiger partial charge in [0, 0.05) is 6.42 Å². The van der Waals surface area contributed by atoms with Crippen LogP contribution in [0.3, 0.4) is 0 Å². The monoisotopic (exact) mass is 663 g/mol. The second-order valence-electron chi connectivity index (χ2n) is 12.5. The van der Waals surface area contributed by atoms with Gasteiger partial charge in [-0.2, -0.15) is 8.42 Å². The lowest BCUT2D eigenvalue weighted by Crippen LogP contribution is -2.46. The number of aliphatic hydroxyl groups excluding tert-OH is 1. The summed E-state index contributed by atoms with van der Waals surface area (Å²) in [7, 11) is -4.35. The van der Waals surface area contributed by atoms with E-state index >= 15 is 0 Å². The number of amides is 1. The summed E-state index contributed by atoms with van der Waals surface area (Å²) >= 11 is 0. The molecule has 2 unspecified atom stereocenters. The maximum absolute atomic E-state index is 12.5. The van der Waals surface area contributed by atoms with Gasteiger partial charge in [0.05, 0.1) is 17.9 Å². The molecule has 0 aromatic heterocycles. The van der Waals surface area contributed by atoms with Crippen molar-refractivity contribution in [1.82, 2.24) is 5.32 Å². The molecule has 0 bridgehead atoms. The molecule has 0 spiro atoms. The van der Waals surface area contributed by atoms with Crippen molar-refractivity contribution in [3.05, 3.63) is 60.8 Å². The smallest absolute Gasteiger partial charge is 0.267 e. The minimum atomic E-state index is -4.35. The van der Waals surface area contributed by atoms with E-state index in [1.54, 1.807) is 6.08 Å². The molecular weight excluding hydrogens is 594 g/mol.